The maximum absolute atomic E-state index is 12.4. The van der Waals surface area contributed by atoms with Crippen LogP contribution in [0.3, 0.4) is 0 Å². The molecule has 0 spiro atoms. The summed E-state index contributed by atoms with van der Waals surface area (Å²) < 4.78 is 8.09. The number of benzene rings is 1. The fraction of sp³-hybridized carbons (Fsp3) is 0.250. The first-order valence-corrected chi connectivity index (χ1v) is 9.43. The molecule has 0 saturated heterocycles. The highest BCUT2D eigenvalue weighted by Gasteiger charge is 2.11. The molecule has 120 valence electrons. The van der Waals surface area contributed by atoms with E-state index >= 15 is 0 Å². The Kier molecular flexibility index (Phi) is 5.25. The van der Waals surface area contributed by atoms with Crippen LogP contribution in [0.2, 0.25) is 5.02 Å². The number of ether oxygens (including phenoxy) is 1. The average molecular weight is 367 g/mol. The van der Waals surface area contributed by atoms with Crippen molar-refractivity contribution in [2.75, 3.05) is 12.4 Å². The van der Waals surface area contributed by atoms with Crippen molar-refractivity contribution in [3.8, 4) is 5.75 Å². The van der Waals surface area contributed by atoms with E-state index in [1.807, 2.05) is 36.6 Å². The van der Waals surface area contributed by atoms with Gasteiger partial charge in [-0.25, -0.2) is 4.98 Å². The second kappa shape index (κ2) is 7.38. The summed E-state index contributed by atoms with van der Waals surface area (Å²) in [7, 11) is 0. The molecule has 2 aromatic heterocycles. The summed E-state index contributed by atoms with van der Waals surface area (Å²) in [4.78, 5) is 17.0. The van der Waals surface area contributed by atoms with Crippen LogP contribution in [0.1, 0.15) is 6.92 Å². The van der Waals surface area contributed by atoms with Crippen LogP contribution in [0, 0.1) is 0 Å². The van der Waals surface area contributed by atoms with E-state index in [-0.39, 0.29) is 5.56 Å². The van der Waals surface area contributed by atoms with Crippen LogP contribution in [-0.4, -0.2) is 21.9 Å². The molecule has 0 aliphatic rings. The molecule has 4 nitrogen and oxygen atoms in total. The first kappa shape index (κ1) is 16.4. The average Bonchev–Trinajstić information content (AvgIpc) is 3.02. The second-order valence-electron chi connectivity index (χ2n) is 4.71. The Balaban J connectivity index is 1.70. The van der Waals surface area contributed by atoms with Crippen molar-refractivity contribution < 1.29 is 4.74 Å². The Hall–Kier alpha value is -1.50. The summed E-state index contributed by atoms with van der Waals surface area (Å²) in [6.45, 7) is 3.05. The number of nitrogens with zero attached hydrogens (tertiary/aromatic N) is 2. The van der Waals surface area contributed by atoms with Gasteiger partial charge in [-0.05, 0) is 30.5 Å². The maximum Gasteiger partial charge on any atom is 0.272 e. The van der Waals surface area contributed by atoms with E-state index in [1.54, 1.807) is 10.6 Å². The van der Waals surface area contributed by atoms with Gasteiger partial charge in [0, 0.05) is 12.3 Å². The molecule has 0 fully saturated rings. The minimum absolute atomic E-state index is 0.0297. The van der Waals surface area contributed by atoms with Crippen LogP contribution in [0.5, 0.6) is 5.75 Å². The van der Waals surface area contributed by atoms with Crippen molar-refractivity contribution in [1.82, 2.24) is 9.55 Å². The van der Waals surface area contributed by atoms with E-state index in [4.69, 9.17) is 16.3 Å². The standard InChI is InChI=1S/C16H15ClN2O2S2/c1-2-19-15(20)14-12(7-9-22-14)18-16(19)23-10-8-21-13-6-4-3-5-11(13)17/h3-7,9H,2,8,10H2,1H3. The first-order valence-electron chi connectivity index (χ1n) is 7.19. The number of hydrogen-bond acceptors (Lipinski definition) is 5. The van der Waals surface area contributed by atoms with Crippen LogP contribution in [0.25, 0.3) is 10.2 Å². The molecule has 7 heteroatoms. The van der Waals surface area contributed by atoms with Gasteiger partial charge in [0.25, 0.3) is 5.56 Å². The van der Waals surface area contributed by atoms with Crippen LogP contribution in [0.4, 0.5) is 0 Å². The van der Waals surface area contributed by atoms with Gasteiger partial charge in [0.1, 0.15) is 10.4 Å². The third-order valence-electron chi connectivity index (χ3n) is 3.26. The Morgan fingerprint density at radius 1 is 1.35 bits per heavy atom. The van der Waals surface area contributed by atoms with Crippen molar-refractivity contribution >= 4 is 44.9 Å². The van der Waals surface area contributed by atoms with Crippen molar-refractivity contribution in [1.29, 1.82) is 0 Å². The van der Waals surface area contributed by atoms with Gasteiger partial charge in [-0.15, -0.1) is 11.3 Å². The van der Waals surface area contributed by atoms with Crippen molar-refractivity contribution in [3.63, 3.8) is 0 Å². The highest BCUT2D eigenvalue weighted by atomic mass is 35.5. The fourth-order valence-corrected chi connectivity index (χ4v) is 4.01. The molecule has 0 amide bonds. The normalized spacial score (nSPS) is 11.0. The third-order valence-corrected chi connectivity index (χ3v) is 5.40. The van der Waals surface area contributed by atoms with Crippen molar-refractivity contribution in [2.24, 2.45) is 0 Å². The molecule has 0 radical (unpaired) electrons. The zero-order valence-electron chi connectivity index (χ0n) is 12.5. The quantitative estimate of drug-likeness (QED) is 0.370. The van der Waals surface area contributed by atoms with Crippen LogP contribution in [-0.2, 0) is 6.54 Å². The molecule has 0 aliphatic carbocycles. The lowest BCUT2D eigenvalue weighted by atomic mass is 10.3. The SMILES string of the molecule is CCn1c(SCCOc2ccccc2Cl)nc2ccsc2c1=O. The number of rotatable bonds is 6. The first-order chi connectivity index (χ1) is 11.2. The van der Waals surface area contributed by atoms with E-state index in [1.165, 1.54) is 23.1 Å². The summed E-state index contributed by atoms with van der Waals surface area (Å²) in [6.07, 6.45) is 0. The van der Waals surface area contributed by atoms with E-state index in [0.29, 0.717) is 34.4 Å². The van der Waals surface area contributed by atoms with Gasteiger partial charge < -0.3 is 4.74 Å². The van der Waals surface area contributed by atoms with Crippen LogP contribution >= 0.6 is 34.7 Å². The van der Waals surface area contributed by atoms with Gasteiger partial charge in [-0.1, -0.05) is 35.5 Å². The number of halogens is 1. The zero-order chi connectivity index (χ0) is 16.2. The predicted molar refractivity (Wildman–Crippen MR) is 97.2 cm³/mol. The lowest BCUT2D eigenvalue weighted by Crippen LogP contribution is -2.21. The monoisotopic (exact) mass is 366 g/mol. The smallest absolute Gasteiger partial charge is 0.272 e. The molecule has 0 atom stereocenters. The molecule has 2 heterocycles. The maximum atomic E-state index is 12.4. The highest BCUT2D eigenvalue weighted by molar-refractivity contribution is 7.99. The number of para-hydroxylation sites is 1. The van der Waals surface area contributed by atoms with Crippen LogP contribution < -0.4 is 10.3 Å². The summed E-state index contributed by atoms with van der Waals surface area (Å²) in [5.74, 6) is 1.36. The van der Waals surface area contributed by atoms with E-state index in [0.717, 1.165) is 10.7 Å². The van der Waals surface area contributed by atoms with Gasteiger partial charge in [0.2, 0.25) is 0 Å². The fourth-order valence-electron chi connectivity index (χ4n) is 2.16. The number of hydrogen-bond donors (Lipinski definition) is 0. The molecule has 3 aromatic rings. The van der Waals surface area contributed by atoms with Gasteiger partial charge in [-0.2, -0.15) is 0 Å². The summed E-state index contributed by atoms with van der Waals surface area (Å²) in [5.41, 5.74) is 0.793. The number of thiophene rings is 1. The minimum atomic E-state index is 0.0297. The minimum Gasteiger partial charge on any atom is -0.491 e. The predicted octanol–water partition coefficient (Wildman–Crippen LogP) is 4.30. The highest BCUT2D eigenvalue weighted by Crippen LogP contribution is 2.24. The second-order valence-corrected chi connectivity index (χ2v) is 7.09. The van der Waals surface area contributed by atoms with Gasteiger partial charge in [0.05, 0.1) is 17.1 Å². The summed E-state index contributed by atoms with van der Waals surface area (Å²) in [6, 6.07) is 9.26. The Bertz CT molecular complexity index is 876. The summed E-state index contributed by atoms with van der Waals surface area (Å²) >= 11 is 9.01. The van der Waals surface area contributed by atoms with Crippen molar-refractivity contribution in [3.05, 3.63) is 51.1 Å². The molecular weight excluding hydrogens is 352 g/mol. The van der Waals surface area contributed by atoms with Crippen LogP contribution in [0.15, 0.2) is 45.7 Å². The Morgan fingerprint density at radius 3 is 2.96 bits per heavy atom. The van der Waals surface area contributed by atoms with E-state index in [9.17, 15) is 4.79 Å². The lowest BCUT2D eigenvalue weighted by molar-refractivity contribution is 0.344. The molecule has 0 aliphatic heterocycles. The largest absolute Gasteiger partial charge is 0.491 e. The van der Waals surface area contributed by atoms with E-state index in [2.05, 4.69) is 4.98 Å². The molecule has 3 rings (SSSR count). The van der Waals surface area contributed by atoms with Gasteiger partial charge in [0.15, 0.2) is 5.16 Å². The molecule has 23 heavy (non-hydrogen) atoms. The molecule has 0 saturated carbocycles. The number of fused-ring (bicyclic) bond motifs is 1. The molecule has 1 aromatic carbocycles. The summed E-state index contributed by atoms with van der Waals surface area (Å²) in [5, 5.41) is 3.22. The zero-order valence-corrected chi connectivity index (χ0v) is 14.9. The third kappa shape index (κ3) is 3.54. The number of aromatic nitrogens is 2. The number of thioether (sulfide) groups is 1. The molecule has 0 N–H and O–H groups in total. The Labute approximate surface area is 147 Å². The molecule has 0 unspecified atom stereocenters. The van der Waals surface area contributed by atoms with Crippen molar-refractivity contribution in [2.45, 2.75) is 18.6 Å². The Morgan fingerprint density at radius 2 is 2.17 bits per heavy atom. The molecule has 0 bridgehead atoms. The van der Waals surface area contributed by atoms with E-state index < -0.39 is 0 Å². The van der Waals surface area contributed by atoms with Gasteiger partial charge in [-0.3, -0.25) is 9.36 Å². The van der Waals surface area contributed by atoms with Gasteiger partial charge >= 0.3 is 0 Å². The topological polar surface area (TPSA) is 44.1 Å². The lowest BCUT2D eigenvalue weighted by Gasteiger charge is -2.10. The molecular formula is C16H15ClN2O2S2.